The first kappa shape index (κ1) is 15.6. The second-order valence-corrected chi connectivity index (χ2v) is 5.28. The Morgan fingerprint density at radius 2 is 2.10 bits per heavy atom. The van der Waals surface area contributed by atoms with E-state index in [-0.39, 0.29) is 12.1 Å². The summed E-state index contributed by atoms with van der Waals surface area (Å²) in [4.78, 5) is 13.3. The van der Waals surface area contributed by atoms with Crippen LogP contribution in [0.25, 0.3) is 6.08 Å². The van der Waals surface area contributed by atoms with Gasteiger partial charge in [0.15, 0.2) is 0 Å². The number of hydrogen-bond donors (Lipinski definition) is 0. The third kappa shape index (κ3) is 4.33. The fourth-order valence-corrected chi connectivity index (χ4v) is 2.49. The van der Waals surface area contributed by atoms with Crippen LogP contribution < -0.4 is 4.90 Å². The number of nitrogens with zero attached hydrogens (tertiary/aromatic N) is 1. The maximum Gasteiger partial charge on any atom is 0.303 e. The summed E-state index contributed by atoms with van der Waals surface area (Å²) in [6, 6.07) is 6.31. The second-order valence-electron chi connectivity index (χ2n) is 5.28. The molecule has 0 aromatic heterocycles. The molecule has 4 nitrogen and oxygen atoms in total. The van der Waals surface area contributed by atoms with Crippen molar-refractivity contribution in [1.29, 1.82) is 0 Å². The normalized spacial score (nSPS) is 17.0. The highest BCUT2D eigenvalue weighted by atomic mass is 16.5. The molecular weight excluding hydrogens is 266 g/mol. The minimum atomic E-state index is -0.259. The van der Waals surface area contributed by atoms with Crippen LogP contribution in [0.5, 0.6) is 0 Å². The Balaban J connectivity index is 2.21. The van der Waals surface area contributed by atoms with Gasteiger partial charge in [-0.3, -0.25) is 4.79 Å². The zero-order chi connectivity index (χ0) is 15.2. The molecule has 1 atom stereocenters. The molecule has 0 aliphatic carbocycles. The summed E-state index contributed by atoms with van der Waals surface area (Å²) in [6.07, 6.45) is 3.75. The lowest BCUT2D eigenvalue weighted by molar-refractivity contribution is -0.143. The third-order valence-electron chi connectivity index (χ3n) is 3.54. The van der Waals surface area contributed by atoms with E-state index in [0.717, 1.165) is 26.3 Å². The molecule has 21 heavy (non-hydrogen) atoms. The van der Waals surface area contributed by atoms with Crippen molar-refractivity contribution in [2.75, 3.05) is 31.2 Å². The second kappa shape index (κ2) is 7.27. The summed E-state index contributed by atoms with van der Waals surface area (Å²) >= 11 is 0. The molecule has 0 N–H and O–H groups in total. The number of esters is 1. The van der Waals surface area contributed by atoms with Crippen LogP contribution >= 0.6 is 0 Å². The first-order valence-corrected chi connectivity index (χ1v) is 7.35. The Labute approximate surface area is 126 Å². The van der Waals surface area contributed by atoms with Crippen molar-refractivity contribution in [2.45, 2.75) is 26.9 Å². The highest BCUT2D eigenvalue weighted by Gasteiger charge is 2.14. The molecule has 114 valence electrons. The molecule has 1 aromatic rings. The Hall–Kier alpha value is -1.81. The number of anilines is 1. The van der Waals surface area contributed by atoms with Crippen LogP contribution in [0.15, 0.2) is 24.3 Å². The van der Waals surface area contributed by atoms with Crippen molar-refractivity contribution >= 4 is 17.7 Å². The molecule has 1 aliphatic heterocycles. The Kier molecular flexibility index (Phi) is 5.39. The number of carbonyl (C=O) groups excluding carboxylic acids is 1. The monoisotopic (exact) mass is 289 g/mol. The average Bonchev–Trinajstić information content (AvgIpc) is 2.46. The van der Waals surface area contributed by atoms with E-state index < -0.39 is 0 Å². The van der Waals surface area contributed by atoms with Gasteiger partial charge in [0.2, 0.25) is 0 Å². The Morgan fingerprint density at radius 1 is 1.38 bits per heavy atom. The smallest absolute Gasteiger partial charge is 0.303 e. The van der Waals surface area contributed by atoms with Crippen molar-refractivity contribution in [3.63, 3.8) is 0 Å². The molecule has 1 fully saturated rings. The van der Waals surface area contributed by atoms with E-state index in [4.69, 9.17) is 9.47 Å². The molecule has 0 spiro atoms. The number of ether oxygens (including phenoxy) is 2. The topological polar surface area (TPSA) is 38.8 Å². The highest BCUT2D eigenvalue weighted by Crippen LogP contribution is 2.26. The van der Waals surface area contributed by atoms with Crippen LogP contribution in [0, 0.1) is 6.92 Å². The zero-order valence-corrected chi connectivity index (χ0v) is 13.0. The van der Waals surface area contributed by atoms with Gasteiger partial charge in [0, 0.05) is 31.3 Å². The van der Waals surface area contributed by atoms with Crippen LogP contribution in [0.2, 0.25) is 0 Å². The number of benzene rings is 1. The minimum absolute atomic E-state index is 0.223. The minimum Gasteiger partial charge on any atom is -0.459 e. The van der Waals surface area contributed by atoms with Crippen LogP contribution in [0.1, 0.15) is 25.0 Å². The van der Waals surface area contributed by atoms with Gasteiger partial charge in [-0.2, -0.15) is 0 Å². The molecule has 0 saturated carbocycles. The lowest BCUT2D eigenvalue weighted by Crippen LogP contribution is -2.36. The molecule has 1 aliphatic rings. The molecule has 0 amide bonds. The van der Waals surface area contributed by atoms with E-state index >= 15 is 0 Å². The van der Waals surface area contributed by atoms with Gasteiger partial charge in [0.05, 0.1) is 13.2 Å². The molecule has 1 heterocycles. The van der Waals surface area contributed by atoms with Crippen molar-refractivity contribution in [2.24, 2.45) is 0 Å². The Bertz CT molecular complexity index is 519. The maximum atomic E-state index is 11.0. The van der Waals surface area contributed by atoms with Crippen molar-refractivity contribution in [1.82, 2.24) is 0 Å². The fourth-order valence-electron chi connectivity index (χ4n) is 2.49. The summed E-state index contributed by atoms with van der Waals surface area (Å²) in [5.74, 6) is -0.259. The van der Waals surface area contributed by atoms with E-state index in [9.17, 15) is 4.79 Å². The van der Waals surface area contributed by atoms with Gasteiger partial charge in [-0.05, 0) is 31.6 Å². The predicted molar refractivity (Wildman–Crippen MR) is 84.5 cm³/mol. The number of hydrogen-bond acceptors (Lipinski definition) is 4. The van der Waals surface area contributed by atoms with Crippen molar-refractivity contribution < 1.29 is 14.3 Å². The summed E-state index contributed by atoms with van der Waals surface area (Å²) in [5, 5.41) is 0. The van der Waals surface area contributed by atoms with Crippen LogP contribution in [0.3, 0.4) is 0 Å². The molecule has 1 aromatic carbocycles. The summed E-state index contributed by atoms with van der Waals surface area (Å²) < 4.78 is 10.6. The quantitative estimate of drug-likeness (QED) is 0.799. The molecule has 2 rings (SSSR count). The molecular formula is C17H23NO3. The maximum absolute atomic E-state index is 11.0. The summed E-state index contributed by atoms with van der Waals surface area (Å²) in [6.45, 7) is 8.73. The van der Waals surface area contributed by atoms with E-state index in [1.54, 1.807) is 0 Å². The average molecular weight is 289 g/mol. The molecule has 4 heteroatoms. The van der Waals surface area contributed by atoms with Gasteiger partial charge in [0.25, 0.3) is 0 Å². The van der Waals surface area contributed by atoms with Gasteiger partial charge in [-0.15, -0.1) is 0 Å². The number of rotatable bonds is 4. The van der Waals surface area contributed by atoms with E-state index in [1.807, 2.05) is 19.1 Å². The number of aryl methyl sites for hydroxylation is 1. The first-order valence-electron chi connectivity index (χ1n) is 7.35. The van der Waals surface area contributed by atoms with Gasteiger partial charge >= 0.3 is 5.97 Å². The standard InChI is InChI=1S/C17H23NO3/c1-13-5-4-6-17(18-9-11-20-12-10-18)16(13)8-7-14(2)21-15(3)19/h4-8,14H,9-12H2,1-3H3/b8-7+. The van der Waals surface area contributed by atoms with Crippen LogP contribution in [0.4, 0.5) is 5.69 Å². The molecule has 1 saturated heterocycles. The first-order chi connectivity index (χ1) is 10.1. The predicted octanol–water partition coefficient (Wildman–Crippen LogP) is 2.80. The van der Waals surface area contributed by atoms with Crippen LogP contribution in [-0.4, -0.2) is 38.4 Å². The van der Waals surface area contributed by atoms with E-state index in [2.05, 4.69) is 30.0 Å². The SMILES string of the molecule is CC(=O)OC(C)/C=C/c1c(C)cccc1N1CCOCC1. The Morgan fingerprint density at radius 3 is 2.76 bits per heavy atom. The molecule has 0 radical (unpaired) electrons. The lowest BCUT2D eigenvalue weighted by Gasteiger charge is -2.30. The fraction of sp³-hybridized carbons (Fsp3) is 0.471. The van der Waals surface area contributed by atoms with Gasteiger partial charge in [0.1, 0.15) is 6.10 Å². The van der Waals surface area contributed by atoms with Gasteiger partial charge < -0.3 is 14.4 Å². The summed E-state index contributed by atoms with van der Waals surface area (Å²) in [5.41, 5.74) is 3.60. The number of morpholine rings is 1. The zero-order valence-electron chi connectivity index (χ0n) is 13.0. The van der Waals surface area contributed by atoms with Crippen molar-refractivity contribution in [3.8, 4) is 0 Å². The number of carbonyl (C=O) groups is 1. The highest BCUT2D eigenvalue weighted by molar-refractivity contribution is 5.71. The van der Waals surface area contributed by atoms with Crippen molar-refractivity contribution in [3.05, 3.63) is 35.4 Å². The van der Waals surface area contributed by atoms with E-state index in [1.165, 1.54) is 23.7 Å². The van der Waals surface area contributed by atoms with Gasteiger partial charge in [-0.1, -0.05) is 18.2 Å². The largest absolute Gasteiger partial charge is 0.459 e. The van der Waals surface area contributed by atoms with E-state index in [0.29, 0.717) is 0 Å². The van der Waals surface area contributed by atoms with Crippen LogP contribution in [-0.2, 0) is 14.3 Å². The third-order valence-corrected chi connectivity index (χ3v) is 3.54. The molecule has 0 bridgehead atoms. The van der Waals surface area contributed by atoms with Gasteiger partial charge in [-0.25, -0.2) is 0 Å². The summed E-state index contributed by atoms with van der Waals surface area (Å²) in [7, 11) is 0. The molecule has 1 unspecified atom stereocenters. The lowest BCUT2D eigenvalue weighted by atomic mass is 10.0.